The topological polar surface area (TPSA) is 53.3 Å². The Bertz CT molecular complexity index is 1130. The largest absolute Gasteiger partial charge is 0.462 e. The third-order valence-electron chi connectivity index (χ3n) is 6.34. The Morgan fingerprint density at radius 2 is 1.73 bits per heavy atom. The van der Waals surface area contributed by atoms with Gasteiger partial charge in [-0.3, -0.25) is 0 Å². The van der Waals surface area contributed by atoms with Crippen LogP contribution in [0.5, 0.6) is 0 Å². The molecule has 1 saturated heterocycles. The van der Waals surface area contributed by atoms with Crippen LogP contribution in [0.4, 0.5) is 5.69 Å². The Kier molecular flexibility index (Phi) is 7.32. The van der Waals surface area contributed by atoms with Crippen molar-refractivity contribution >= 4 is 23.3 Å². The smallest absolute Gasteiger partial charge is 0.338 e. The van der Waals surface area contributed by atoms with Crippen molar-refractivity contribution in [3.63, 3.8) is 0 Å². The molecular weight excluding hydrogens is 432 g/mol. The van der Waals surface area contributed by atoms with Gasteiger partial charge in [-0.05, 0) is 78.8 Å². The Morgan fingerprint density at radius 3 is 2.36 bits per heavy atom. The Balaban J connectivity index is 1.47. The van der Waals surface area contributed by atoms with Gasteiger partial charge in [0.2, 0.25) is 0 Å². The van der Waals surface area contributed by atoms with Crippen molar-refractivity contribution in [1.29, 1.82) is 5.26 Å². The van der Waals surface area contributed by atoms with Gasteiger partial charge in [0.1, 0.15) is 0 Å². The van der Waals surface area contributed by atoms with Crippen molar-refractivity contribution in [2.24, 2.45) is 5.92 Å². The second-order valence-corrected chi connectivity index (χ2v) is 8.73. The number of anilines is 1. The maximum atomic E-state index is 11.9. The molecule has 0 saturated carbocycles. The lowest BCUT2D eigenvalue weighted by molar-refractivity contribution is 0.0526. The van der Waals surface area contributed by atoms with E-state index in [1.807, 2.05) is 60.7 Å². The minimum absolute atomic E-state index is 0.162. The normalized spacial score (nSPS) is 15.0. The number of nitrogens with zero attached hydrogens (tertiary/aromatic N) is 2. The number of ether oxygens (including phenoxy) is 1. The molecule has 1 atom stereocenters. The van der Waals surface area contributed by atoms with Crippen LogP contribution in [0.1, 0.15) is 41.6 Å². The number of benzene rings is 3. The second-order valence-electron chi connectivity index (χ2n) is 8.29. The highest BCUT2D eigenvalue weighted by atomic mass is 35.5. The second kappa shape index (κ2) is 10.6. The molecule has 0 amide bonds. The molecule has 3 aromatic rings. The molecule has 0 aliphatic carbocycles. The Hall–Kier alpha value is -3.29. The highest BCUT2D eigenvalue weighted by molar-refractivity contribution is 6.30. The van der Waals surface area contributed by atoms with E-state index in [2.05, 4.69) is 23.1 Å². The fourth-order valence-corrected chi connectivity index (χ4v) is 4.73. The number of carbonyl (C=O) groups is 1. The number of hydrogen-bond donors (Lipinski definition) is 0. The molecule has 4 rings (SSSR count). The van der Waals surface area contributed by atoms with E-state index in [4.69, 9.17) is 16.3 Å². The summed E-state index contributed by atoms with van der Waals surface area (Å²) in [6.45, 7) is 3.93. The molecule has 5 heteroatoms. The van der Waals surface area contributed by atoms with Crippen LogP contribution < -0.4 is 4.90 Å². The van der Waals surface area contributed by atoms with Gasteiger partial charge in [0.25, 0.3) is 0 Å². The standard InChI is InChI=1S/C28H27ClN2O2/c1-2-33-28(32)22-9-13-24(14-10-22)31-17-15-21(16-18-31)27(19-30)26-6-4-3-5-25(26)20-7-11-23(29)12-8-20/h3-14,21,27H,2,15-18H2,1H3/t27-/m1/s1. The molecule has 1 fully saturated rings. The predicted octanol–water partition coefficient (Wildman–Crippen LogP) is 6.71. The molecule has 33 heavy (non-hydrogen) atoms. The van der Waals surface area contributed by atoms with Gasteiger partial charge in [-0.25, -0.2) is 4.79 Å². The summed E-state index contributed by atoms with van der Waals surface area (Å²) >= 11 is 6.07. The van der Waals surface area contributed by atoms with Crippen LogP contribution in [0.2, 0.25) is 5.02 Å². The molecule has 0 bridgehead atoms. The van der Waals surface area contributed by atoms with Crippen LogP contribution in [0, 0.1) is 17.2 Å². The first-order chi connectivity index (χ1) is 16.1. The maximum absolute atomic E-state index is 11.9. The van der Waals surface area contributed by atoms with Crippen LogP contribution in [0.3, 0.4) is 0 Å². The fraction of sp³-hybridized carbons (Fsp3) is 0.286. The van der Waals surface area contributed by atoms with Crippen LogP contribution in [-0.4, -0.2) is 25.7 Å². The van der Waals surface area contributed by atoms with Crippen LogP contribution in [0.15, 0.2) is 72.8 Å². The third-order valence-corrected chi connectivity index (χ3v) is 6.60. The molecule has 3 aromatic carbocycles. The van der Waals surface area contributed by atoms with E-state index in [0.717, 1.165) is 48.3 Å². The molecule has 0 radical (unpaired) electrons. The maximum Gasteiger partial charge on any atom is 0.338 e. The quantitative estimate of drug-likeness (QED) is 0.385. The lowest BCUT2D eigenvalue weighted by Gasteiger charge is -2.36. The molecular formula is C28H27ClN2O2. The predicted molar refractivity (Wildman–Crippen MR) is 133 cm³/mol. The van der Waals surface area contributed by atoms with Crippen LogP contribution >= 0.6 is 11.6 Å². The average molecular weight is 459 g/mol. The lowest BCUT2D eigenvalue weighted by Crippen LogP contribution is -2.35. The molecule has 1 aliphatic rings. The summed E-state index contributed by atoms with van der Waals surface area (Å²) in [5, 5.41) is 10.8. The summed E-state index contributed by atoms with van der Waals surface area (Å²) < 4.78 is 5.07. The number of nitriles is 1. The Labute approximate surface area is 200 Å². The molecule has 4 nitrogen and oxygen atoms in total. The first kappa shape index (κ1) is 22.9. The minimum Gasteiger partial charge on any atom is -0.462 e. The highest BCUT2D eigenvalue weighted by Crippen LogP contribution is 2.38. The van der Waals surface area contributed by atoms with Crippen LogP contribution in [0.25, 0.3) is 11.1 Å². The zero-order valence-corrected chi connectivity index (χ0v) is 19.5. The molecule has 0 unspecified atom stereocenters. The molecule has 1 heterocycles. The molecule has 0 N–H and O–H groups in total. The average Bonchev–Trinajstić information content (AvgIpc) is 2.86. The molecule has 168 valence electrons. The summed E-state index contributed by atoms with van der Waals surface area (Å²) in [5.74, 6) is -0.164. The van der Waals surface area contributed by atoms with E-state index in [1.165, 1.54) is 0 Å². The van der Waals surface area contributed by atoms with Gasteiger partial charge in [0.05, 0.1) is 24.2 Å². The summed E-state index contributed by atoms with van der Waals surface area (Å²) in [4.78, 5) is 14.2. The zero-order valence-electron chi connectivity index (χ0n) is 18.7. The van der Waals surface area contributed by atoms with E-state index in [1.54, 1.807) is 6.92 Å². The number of rotatable bonds is 6. The Morgan fingerprint density at radius 1 is 1.06 bits per heavy atom. The van der Waals surface area contributed by atoms with Crippen molar-refractivity contribution < 1.29 is 9.53 Å². The molecule has 0 aromatic heterocycles. The van der Waals surface area contributed by atoms with Gasteiger partial charge >= 0.3 is 5.97 Å². The highest BCUT2D eigenvalue weighted by Gasteiger charge is 2.29. The number of piperidine rings is 1. The summed E-state index contributed by atoms with van der Waals surface area (Å²) in [6.07, 6.45) is 1.87. The van der Waals surface area contributed by atoms with Crippen molar-refractivity contribution in [3.05, 3.63) is 88.9 Å². The SMILES string of the molecule is CCOC(=O)c1ccc(N2CCC([C@@H](C#N)c3ccccc3-c3ccc(Cl)cc3)CC2)cc1. The lowest BCUT2D eigenvalue weighted by atomic mass is 9.78. The molecule has 1 aliphatic heterocycles. The summed E-state index contributed by atoms with van der Waals surface area (Å²) in [7, 11) is 0. The van der Waals surface area contributed by atoms with Crippen LogP contribution in [-0.2, 0) is 4.74 Å². The van der Waals surface area contributed by atoms with E-state index in [9.17, 15) is 10.1 Å². The van der Waals surface area contributed by atoms with Gasteiger partial charge in [-0.1, -0.05) is 48.0 Å². The van der Waals surface area contributed by atoms with Gasteiger partial charge < -0.3 is 9.64 Å². The summed E-state index contributed by atoms with van der Waals surface area (Å²) in [5.41, 5.74) is 4.92. The van der Waals surface area contributed by atoms with Crippen molar-refractivity contribution in [2.45, 2.75) is 25.7 Å². The number of esters is 1. The van der Waals surface area contributed by atoms with E-state index >= 15 is 0 Å². The third kappa shape index (κ3) is 5.21. The number of carbonyl (C=O) groups excluding carboxylic acids is 1. The van der Waals surface area contributed by atoms with E-state index in [0.29, 0.717) is 23.1 Å². The fourth-order valence-electron chi connectivity index (χ4n) is 4.60. The minimum atomic E-state index is -0.293. The van der Waals surface area contributed by atoms with Crippen molar-refractivity contribution in [2.75, 3.05) is 24.6 Å². The van der Waals surface area contributed by atoms with Gasteiger partial charge in [0, 0.05) is 23.8 Å². The van der Waals surface area contributed by atoms with E-state index in [-0.39, 0.29) is 11.9 Å². The van der Waals surface area contributed by atoms with Crippen molar-refractivity contribution in [1.82, 2.24) is 0 Å². The first-order valence-electron chi connectivity index (χ1n) is 11.4. The first-order valence-corrected chi connectivity index (χ1v) is 11.7. The van der Waals surface area contributed by atoms with Gasteiger partial charge in [-0.15, -0.1) is 0 Å². The van der Waals surface area contributed by atoms with Gasteiger partial charge in [-0.2, -0.15) is 5.26 Å². The number of halogens is 1. The van der Waals surface area contributed by atoms with Gasteiger partial charge in [0.15, 0.2) is 0 Å². The monoisotopic (exact) mass is 458 g/mol. The van der Waals surface area contributed by atoms with E-state index < -0.39 is 0 Å². The summed E-state index contributed by atoms with van der Waals surface area (Å²) in [6, 6.07) is 26.2. The van der Waals surface area contributed by atoms with Crippen molar-refractivity contribution in [3.8, 4) is 17.2 Å². The zero-order chi connectivity index (χ0) is 23.2. The number of hydrogen-bond acceptors (Lipinski definition) is 4. The molecule has 0 spiro atoms.